The van der Waals surface area contributed by atoms with Gasteiger partial charge in [-0.05, 0) is 76.9 Å². The zero-order valence-corrected chi connectivity index (χ0v) is 22.2. The Morgan fingerprint density at radius 1 is 1.24 bits per heavy atom. The van der Waals surface area contributed by atoms with E-state index in [1.54, 1.807) is 6.21 Å². The molecule has 0 spiro atoms. The Morgan fingerprint density at radius 3 is 2.68 bits per heavy atom. The Kier molecular flexibility index (Phi) is 11.3. The third kappa shape index (κ3) is 8.01. The monoisotopic (exact) mass is 467 g/mol. The van der Waals surface area contributed by atoms with E-state index in [1.165, 1.54) is 18.4 Å². The third-order valence-corrected chi connectivity index (χ3v) is 6.42. The van der Waals surface area contributed by atoms with E-state index in [4.69, 9.17) is 0 Å². The number of rotatable bonds is 13. The molecule has 1 heterocycles. The number of allylic oxidation sites excluding steroid dienone is 1. The summed E-state index contributed by atoms with van der Waals surface area (Å²) in [5, 5.41) is 3.11. The Balaban J connectivity index is 2.29. The highest BCUT2D eigenvalue weighted by molar-refractivity contribution is 6.19. The van der Waals surface area contributed by atoms with Crippen molar-refractivity contribution in [1.29, 1.82) is 0 Å². The summed E-state index contributed by atoms with van der Waals surface area (Å²) in [5.74, 6) is 0.841. The van der Waals surface area contributed by atoms with Crippen molar-refractivity contribution in [3.63, 3.8) is 0 Å². The Labute approximate surface area is 207 Å². The van der Waals surface area contributed by atoms with Gasteiger partial charge in [-0.1, -0.05) is 39.0 Å². The molecule has 1 aliphatic rings. The van der Waals surface area contributed by atoms with Crippen molar-refractivity contribution in [2.75, 3.05) is 52.2 Å². The summed E-state index contributed by atoms with van der Waals surface area (Å²) in [6, 6.07) is 8.48. The first-order chi connectivity index (χ1) is 16.3. The van der Waals surface area contributed by atoms with Crippen LogP contribution >= 0.6 is 0 Å². The molecule has 0 aliphatic carbocycles. The van der Waals surface area contributed by atoms with Gasteiger partial charge in [0.1, 0.15) is 5.82 Å². The molecule has 0 saturated carbocycles. The van der Waals surface area contributed by atoms with Crippen LogP contribution in [0.4, 0.5) is 5.69 Å². The minimum absolute atomic E-state index is 0.0100. The Bertz CT molecular complexity index is 873. The zero-order valence-electron chi connectivity index (χ0n) is 22.2. The number of nitrogens with one attached hydrogen (secondary N) is 1. The maximum Gasteiger partial charge on any atom is 0.261 e. The summed E-state index contributed by atoms with van der Waals surface area (Å²) in [7, 11) is 6.32. The number of anilines is 1. The van der Waals surface area contributed by atoms with Crippen LogP contribution in [0, 0.1) is 5.92 Å². The van der Waals surface area contributed by atoms with Gasteiger partial charge in [-0.2, -0.15) is 0 Å². The quantitative estimate of drug-likeness (QED) is 0.338. The van der Waals surface area contributed by atoms with Crippen molar-refractivity contribution in [1.82, 2.24) is 15.1 Å². The smallest absolute Gasteiger partial charge is 0.261 e. The maximum atomic E-state index is 13.9. The van der Waals surface area contributed by atoms with Gasteiger partial charge in [-0.3, -0.25) is 4.79 Å². The number of nitrogens with zero attached hydrogens (tertiary/aromatic N) is 4. The van der Waals surface area contributed by atoms with Gasteiger partial charge in [0.2, 0.25) is 0 Å². The van der Waals surface area contributed by atoms with Crippen molar-refractivity contribution in [2.45, 2.75) is 52.9 Å². The van der Waals surface area contributed by atoms with Crippen LogP contribution in [0.5, 0.6) is 0 Å². The lowest BCUT2D eigenvalue weighted by Gasteiger charge is -2.26. The Morgan fingerprint density at radius 2 is 2.00 bits per heavy atom. The fourth-order valence-corrected chi connectivity index (χ4v) is 4.34. The van der Waals surface area contributed by atoms with E-state index < -0.39 is 0 Å². The molecular formula is C28H45N5O. The number of hydrogen-bond acceptors (Lipinski definition) is 5. The van der Waals surface area contributed by atoms with Crippen molar-refractivity contribution in [2.24, 2.45) is 10.9 Å². The molecule has 0 aromatic heterocycles. The lowest BCUT2D eigenvalue weighted by molar-refractivity contribution is -0.114. The normalized spacial score (nSPS) is 15.9. The van der Waals surface area contributed by atoms with Crippen LogP contribution in [0.25, 0.3) is 0 Å². The average Bonchev–Trinajstić information content (AvgIpc) is 2.93. The minimum Gasteiger partial charge on any atom is -0.375 e. The van der Waals surface area contributed by atoms with E-state index in [2.05, 4.69) is 79.9 Å². The molecule has 188 valence electrons. The van der Waals surface area contributed by atoms with Crippen LogP contribution in [-0.4, -0.2) is 69.2 Å². The predicted molar refractivity (Wildman–Crippen MR) is 145 cm³/mol. The SMILES string of the molecule is C=C(N=CC1=C(C(C)CC)N(C)CCN(c2cccc(CCCCCN(C)C)c2)C1=O)NCC. The summed E-state index contributed by atoms with van der Waals surface area (Å²) in [6.07, 6.45) is 7.30. The van der Waals surface area contributed by atoms with Crippen molar-refractivity contribution in [3.8, 4) is 0 Å². The fourth-order valence-electron chi connectivity index (χ4n) is 4.34. The lowest BCUT2D eigenvalue weighted by atomic mass is 9.98. The standard InChI is InChI=1S/C28H45N5O/c1-8-22(3)27-26(21-30-23(4)29-9-2)28(34)33(19-18-32(27)7)25-16-13-15-24(20-25)14-11-10-12-17-31(5)6/h13,15-16,20-22,29H,4,8-12,14,17-19H2,1-3,5-7H3. The van der Waals surface area contributed by atoms with Gasteiger partial charge in [0, 0.05) is 44.3 Å². The average molecular weight is 468 g/mol. The molecule has 1 unspecified atom stereocenters. The molecule has 0 radical (unpaired) electrons. The van der Waals surface area contributed by atoms with Crippen LogP contribution in [0.15, 0.2) is 52.9 Å². The molecule has 1 aromatic carbocycles. The molecule has 0 fully saturated rings. The molecule has 6 nitrogen and oxygen atoms in total. The maximum absolute atomic E-state index is 13.9. The van der Waals surface area contributed by atoms with E-state index >= 15 is 0 Å². The number of hydrogen-bond donors (Lipinski definition) is 1. The fraction of sp³-hybridized carbons (Fsp3) is 0.571. The molecule has 0 saturated heterocycles. The van der Waals surface area contributed by atoms with E-state index in [-0.39, 0.29) is 11.8 Å². The molecule has 1 atom stereocenters. The van der Waals surface area contributed by atoms with Crippen molar-refractivity contribution < 1.29 is 4.79 Å². The molecular weight excluding hydrogens is 422 g/mol. The minimum atomic E-state index is 0.0100. The second-order valence-electron chi connectivity index (χ2n) is 9.51. The van der Waals surface area contributed by atoms with Crippen LogP contribution in [-0.2, 0) is 11.2 Å². The van der Waals surface area contributed by atoms with Gasteiger partial charge in [0.15, 0.2) is 0 Å². The first kappa shape index (κ1) is 27.6. The molecule has 1 N–H and O–H groups in total. The number of amides is 1. The van der Waals surface area contributed by atoms with Crippen LogP contribution in [0.1, 0.15) is 52.0 Å². The second kappa shape index (κ2) is 14.0. The highest BCUT2D eigenvalue weighted by Crippen LogP contribution is 2.28. The molecule has 1 aromatic rings. The highest BCUT2D eigenvalue weighted by atomic mass is 16.2. The highest BCUT2D eigenvalue weighted by Gasteiger charge is 2.29. The summed E-state index contributed by atoms with van der Waals surface area (Å²) in [4.78, 5) is 24.7. The summed E-state index contributed by atoms with van der Waals surface area (Å²) in [6.45, 7) is 13.6. The number of aryl methyl sites for hydroxylation is 1. The first-order valence-electron chi connectivity index (χ1n) is 12.8. The van der Waals surface area contributed by atoms with E-state index in [0.717, 1.165) is 50.3 Å². The second-order valence-corrected chi connectivity index (χ2v) is 9.51. The van der Waals surface area contributed by atoms with Gasteiger partial charge in [-0.15, -0.1) is 0 Å². The van der Waals surface area contributed by atoms with Gasteiger partial charge < -0.3 is 20.0 Å². The molecule has 1 aliphatic heterocycles. The largest absolute Gasteiger partial charge is 0.375 e. The third-order valence-electron chi connectivity index (χ3n) is 6.42. The topological polar surface area (TPSA) is 51.2 Å². The van der Waals surface area contributed by atoms with Crippen LogP contribution in [0.3, 0.4) is 0 Å². The number of unbranched alkanes of at least 4 members (excludes halogenated alkanes) is 2. The van der Waals surface area contributed by atoms with Crippen LogP contribution < -0.4 is 10.2 Å². The summed E-state index contributed by atoms with van der Waals surface area (Å²) >= 11 is 0. The van der Waals surface area contributed by atoms with Gasteiger partial charge in [0.05, 0.1) is 5.57 Å². The number of carbonyl (C=O) groups excluding carboxylic acids is 1. The summed E-state index contributed by atoms with van der Waals surface area (Å²) in [5.41, 5.74) is 3.96. The molecule has 34 heavy (non-hydrogen) atoms. The number of aliphatic imine (C=N–C) groups is 1. The summed E-state index contributed by atoms with van der Waals surface area (Å²) < 4.78 is 0. The van der Waals surface area contributed by atoms with Gasteiger partial charge in [-0.25, -0.2) is 4.99 Å². The van der Waals surface area contributed by atoms with E-state index in [9.17, 15) is 4.79 Å². The first-order valence-corrected chi connectivity index (χ1v) is 12.8. The Hall–Kier alpha value is -2.60. The molecule has 2 rings (SSSR count). The predicted octanol–water partition coefficient (Wildman–Crippen LogP) is 4.69. The van der Waals surface area contributed by atoms with Gasteiger partial charge >= 0.3 is 0 Å². The number of carbonyl (C=O) groups is 1. The van der Waals surface area contributed by atoms with Crippen LogP contribution in [0.2, 0.25) is 0 Å². The number of likely N-dealkylation sites (N-methyl/N-ethyl adjacent to an activating group) is 1. The van der Waals surface area contributed by atoms with Gasteiger partial charge in [0.25, 0.3) is 5.91 Å². The van der Waals surface area contributed by atoms with E-state index in [0.29, 0.717) is 17.9 Å². The molecule has 6 heteroatoms. The molecule has 1 amide bonds. The lowest BCUT2D eigenvalue weighted by Crippen LogP contribution is -2.34. The number of benzene rings is 1. The van der Waals surface area contributed by atoms with E-state index in [1.807, 2.05) is 17.9 Å². The zero-order chi connectivity index (χ0) is 25.1. The van der Waals surface area contributed by atoms with Crippen molar-refractivity contribution in [3.05, 3.63) is 53.5 Å². The molecule has 0 bridgehead atoms. The van der Waals surface area contributed by atoms with Crippen molar-refractivity contribution >= 4 is 17.8 Å².